The number of nitrogens with zero attached hydrogens (tertiary/aromatic N) is 1. The molecule has 0 saturated heterocycles. The third kappa shape index (κ3) is 3.82. The van der Waals surface area contributed by atoms with Crippen molar-refractivity contribution < 1.29 is 9.53 Å². The monoisotopic (exact) mass is 203 g/mol. The summed E-state index contributed by atoms with van der Waals surface area (Å²) in [4.78, 5) is 14.8. The first kappa shape index (κ1) is 11.3. The molecule has 0 aromatic heterocycles. The second-order valence-corrected chi connectivity index (χ2v) is 3.89. The summed E-state index contributed by atoms with van der Waals surface area (Å²) in [5.41, 5.74) is -0.689. The Morgan fingerprint density at radius 2 is 2.00 bits per heavy atom. The molecule has 78 valence electrons. The van der Waals surface area contributed by atoms with Crippen LogP contribution in [0.4, 0.5) is 0 Å². The standard InChI is InChI=1S/C12H13NO2/c1-12(2,13-3)9-11(14)15-10-7-5-4-6-8-10/h4-8H,9H2,1-2H3. The molecule has 0 heterocycles. The number of hydrogen-bond acceptors (Lipinski definition) is 2. The first-order valence-corrected chi connectivity index (χ1v) is 4.68. The van der Waals surface area contributed by atoms with Gasteiger partial charge in [0.15, 0.2) is 0 Å². The van der Waals surface area contributed by atoms with E-state index in [0.717, 1.165) is 0 Å². The summed E-state index contributed by atoms with van der Waals surface area (Å²) in [6, 6.07) is 8.86. The van der Waals surface area contributed by atoms with Crippen molar-refractivity contribution in [3.05, 3.63) is 41.7 Å². The Morgan fingerprint density at radius 1 is 1.40 bits per heavy atom. The van der Waals surface area contributed by atoms with Crippen LogP contribution in [-0.4, -0.2) is 11.5 Å². The highest BCUT2D eigenvalue weighted by atomic mass is 16.5. The maximum atomic E-state index is 11.4. The van der Waals surface area contributed by atoms with E-state index in [-0.39, 0.29) is 12.4 Å². The van der Waals surface area contributed by atoms with Crippen molar-refractivity contribution >= 4 is 5.97 Å². The van der Waals surface area contributed by atoms with Crippen LogP contribution in [0.5, 0.6) is 5.75 Å². The molecule has 1 aromatic rings. The zero-order valence-electron chi connectivity index (χ0n) is 8.86. The smallest absolute Gasteiger partial charge is 0.319 e. The van der Waals surface area contributed by atoms with Crippen molar-refractivity contribution in [3.63, 3.8) is 0 Å². The molecular weight excluding hydrogens is 190 g/mol. The van der Waals surface area contributed by atoms with Gasteiger partial charge in [0.05, 0.1) is 0 Å². The fourth-order valence-corrected chi connectivity index (χ4v) is 1.05. The molecule has 1 aromatic carbocycles. The first-order valence-electron chi connectivity index (χ1n) is 4.68. The van der Waals surface area contributed by atoms with E-state index in [4.69, 9.17) is 11.3 Å². The van der Waals surface area contributed by atoms with Gasteiger partial charge in [0.2, 0.25) is 5.54 Å². The summed E-state index contributed by atoms with van der Waals surface area (Å²) >= 11 is 0. The largest absolute Gasteiger partial charge is 0.426 e. The van der Waals surface area contributed by atoms with E-state index in [0.29, 0.717) is 5.75 Å². The molecule has 15 heavy (non-hydrogen) atoms. The first-order chi connectivity index (χ1) is 7.03. The van der Waals surface area contributed by atoms with Crippen LogP contribution < -0.4 is 4.74 Å². The number of carbonyl (C=O) groups is 1. The zero-order chi connectivity index (χ0) is 11.3. The molecule has 1 rings (SSSR count). The highest BCUT2D eigenvalue weighted by Gasteiger charge is 2.28. The van der Waals surface area contributed by atoms with Crippen LogP contribution >= 0.6 is 0 Å². The fourth-order valence-electron chi connectivity index (χ4n) is 1.05. The molecule has 3 heteroatoms. The Bertz CT molecular complexity index is 376. The highest BCUT2D eigenvalue weighted by molar-refractivity contribution is 5.73. The second-order valence-electron chi connectivity index (χ2n) is 3.89. The predicted octanol–water partition coefficient (Wildman–Crippen LogP) is 2.68. The van der Waals surface area contributed by atoms with Crippen molar-refractivity contribution in [2.75, 3.05) is 0 Å². The lowest BCUT2D eigenvalue weighted by Gasteiger charge is -2.10. The maximum absolute atomic E-state index is 11.4. The van der Waals surface area contributed by atoms with Gasteiger partial charge in [-0.1, -0.05) is 18.2 Å². The fraction of sp³-hybridized carbons (Fsp3) is 0.333. The van der Waals surface area contributed by atoms with Gasteiger partial charge < -0.3 is 9.58 Å². The molecule has 0 amide bonds. The summed E-state index contributed by atoms with van der Waals surface area (Å²) in [6.07, 6.45) is 0.103. The maximum Gasteiger partial charge on any atom is 0.319 e. The molecular formula is C12H13NO2. The number of benzene rings is 1. The Morgan fingerprint density at radius 3 is 2.53 bits per heavy atom. The van der Waals surface area contributed by atoms with E-state index in [1.54, 1.807) is 38.1 Å². The van der Waals surface area contributed by atoms with E-state index < -0.39 is 5.54 Å². The highest BCUT2D eigenvalue weighted by Crippen LogP contribution is 2.16. The van der Waals surface area contributed by atoms with Crippen LogP contribution in [0, 0.1) is 6.57 Å². The van der Waals surface area contributed by atoms with Gasteiger partial charge in [-0.05, 0) is 12.1 Å². The van der Waals surface area contributed by atoms with Crippen molar-refractivity contribution in [3.8, 4) is 5.75 Å². The molecule has 0 aliphatic rings. The summed E-state index contributed by atoms with van der Waals surface area (Å²) in [7, 11) is 0. The van der Waals surface area contributed by atoms with Crippen molar-refractivity contribution in [1.29, 1.82) is 0 Å². The van der Waals surface area contributed by atoms with Gasteiger partial charge in [-0.15, -0.1) is 0 Å². The molecule has 0 atom stereocenters. The van der Waals surface area contributed by atoms with Gasteiger partial charge in [-0.3, -0.25) is 4.79 Å². The third-order valence-electron chi connectivity index (χ3n) is 1.85. The summed E-state index contributed by atoms with van der Waals surface area (Å²) in [5, 5.41) is 0. The third-order valence-corrected chi connectivity index (χ3v) is 1.85. The summed E-state index contributed by atoms with van der Waals surface area (Å²) < 4.78 is 5.07. The number of hydrogen-bond donors (Lipinski definition) is 0. The molecule has 3 nitrogen and oxygen atoms in total. The van der Waals surface area contributed by atoms with E-state index >= 15 is 0 Å². The molecule has 0 aliphatic carbocycles. The minimum Gasteiger partial charge on any atom is -0.426 e. The topological polar surface area (TPSA) is 30.7 Å². The van der Waals surface area contributed by atoms with Gasteiger partial charge >= 0.3 is 5.97 Å². The summed E-state index contributed by atoms with van der Waals surface area (Å²) in [6.45, 7) is 10.3. The number of ether oxygens (including phenoxy) is 1. The molecule has 0 saturated carbocycles. The van der Waals surface area contributed by atoms with Gasteiger partial charge in [0, 0.05) is 13.8 Å². The lowest BCUT2D eigenvalue weighted by molar-refractivity contribution is -0.135. The minimum absolute atomic E-state index is 0.103. The van der Waals surface area contributed by atoms with Crippen molar-refractivity contribution in [1.82, 2.24) is 0 Å². The van der Waals surface area contributed by atoms with Crippen LogP contribution in [0.2, 0.25) is 0 Å². The van der Waals surface area contributed by atoms with Crippen LogP contribution in [0.15, 0.2) is 30.3 Å². The predicted molar refractivity (Wildman–Crippen MR) is 57.4 cm³/mol. The van der Waals surface area contributed by atoms with Gasteiger partial charge in [0.1, 0.15) is 12.2 Å². The molecule has 0 radical (unpaired) electrons. The van der Waals surface area contributed by atoms with Crippen LogP contribution in [0.25, 0.3) is 4.85 Å². The Kier molecular flexibility index (Phi) is 3.46. The number of rotatable bonds is 3. The summed E-state index contributed by atoms with van der Waals surface area (Å²) in [5.74, 6) is 0.144. The van der Waals surface area contributed by atoms with Crippen molar-refractivity contribution in [2.24, 2.45) is 0 Å². The second kappa shape index (κ2) is 4.61. The average molecular weight is 203 g/mol. The lowest BCUT2D eigenvalue weighted by Crippen LogP contribution is -2.22. The molecule has 0 fully saturated rings. The van der Waals surface area contributed by atoms with E-state index in [9.17, 15) is 4.79 Å². The van der Waals surface area contributed by atoms with Gasteiger partial charge in [-0.2, -0.15) is 0 Å². The number of carbonyl (C=O) groups excluding carboxylic acids is 1. The van der Waals surface area contributed by atoms with E-state index in [1.165, 1.54) is 0 Å². The molecule has 0 unspecified atom stereocenters. The van der Waals surface area contributed by atoms with E-state index in [1.807, 2.05) is 6.07 Å². The lowest BCUT2D eigenvalue weighted by atomic mass is 10.0. The van der Waals surface area contributed by atoms with Crippen LogP contribution in [-0.2, 0) is 4.79 Å². The Labute approximate surface area is 89.5 Å². The number of esters is 1. The minimum atomic E-state index is -0.689. The number of para-hydroxylation sites is 1. The Balaban J connectivity index is 2.55. The van der Waals surface area contributed by atoms with Crippen LogP contribution in [0.3, 0.4) is 0 Å². The van der Waals surface area contributed by atoms with Crippen molar-refractivity contribution in [2.45, 2.75) is 25.8 Å². The molecule has 0 N–H and O–H groups in total. The average Bonchev–Trinajstić information content (AvgIpc) is 2.18. The molecule has 0 bridgehead atoms. The Hall–Kier alpha value is -1.82. The zero-order valence-corrected chi connectivity index (χ0v) is 8.86. The van der Waals surface area contributed by atoms with Crippen LogP contribution in [0.1, 0.15) is 20.3 Å². The normalized spacial score (nSPS) is 10.5. The quantitative estimate of drug-likeness (QED) is 0.429. The molecule has 0 aliphatic heterocycles. The van der Waals surface area contributed by atoms with Gasteiger partial charge in [-0.25, -0.2) is 6.57 Å². The SMILES string of the molecule is [C-]#[N+]C(C)(C)CC(=O)Oc1ccccc1. The van der Waals surface area contributed by atoms with Gasteiger partial charge in [0.25, 0.3) is 0 Å². The van der Waals surface area contributed by atoms with E-state index in [2.05, 4.69) is 4.85 Å². The molecule has 0 spiro atoms.